The predicted molar refractivity (Wildman–Crippen MR) is 87.5 cm³/mol. The molecule has 5 heteroatoms. The van der Waals surface area contributed by atoms with E-state index in [1.54, 1.807) is 6.07 Å². The summed E-state index contributed by atoms with van der Waals surface area (Å²) >= 11 is 3.51. The summed E-state index contributed by atoms with van der Waals surface area (Å²) in [5.41, 5.74) is 1.72. The molecule has 1 saturated carbocycles. The van der Waals surface area contributed by atoms with Crippen molar-refractivity contribution in [2.24, 2.45) is 0 Å². The molecule has 0 heterocycles. The number of rotatable bonds is 8. The summed E-state index contributed by atoms with van der Waals surface area (Å²) in [6.45, 7) is 6.23. The lowest BCUT2D eigenvalue weighted by atomic mass is 10.1. The first-order valence-corrected chi connectivity index (χ1v) is 8.26. The molecule has 0 spiro atoms. The molecule has 0 aliphatic heterocycles. The van der Waals surface area contributed by atoms with Crippen LogP contribution in [0.1, 0.15) is 35.7 Å². The number of hydrogen-bond donors (Lipinski definition) is 1. The Kier molecular flexibility index (Phi) is 6.21. The standard InChI is InChI=1S/C16H23BrN2O2/c1-3-19(14-6-7-14)9-8-18-11-13-5-4-12(10-15(13)17)16(20)21-2/h4-5,10,14,18H,3,6-9,11H2,1-2H3. The van der Waals surface area contributed by atoms with Gasteiger partial charge in [-0.3, -0.25) is 4.90 Å². The summed E-state index contributed by atoms with van der Waals surface area (Å²) < 4.78 is 5.65. The number of methoxy groups -OCH3 is 1. The van der Waals surface area contributed by atoms with Crippen LogP contribution in [-0.2, 0) is 11.3 Å². The van der Waals surface area contributed by atoms with E-state index in [0.717, 1.165) is 42.3 Å². The fourth-order valence-electron chi connectivity index (χ4n) is 2.42. The van der Waals surface area contributed by atoms with Crippen molar-refractivity contribution in [3.05, 3.63) is 33.8 Å². The first-order chi connectivity index (χ1) is 10.2. The molecule has 2 rings (SSSR count). The third-order valence-electron chi connectivity index (χ3n) is 3.83. The number of likely N-dealkylation sites (N-methyl/N-ethyl adjacent to an activating group) is 1. The first kappa shape index (κ1) is 16.5. The summed E-state index contributed by atoms with van der Waals surface area (Å²) in [5, 5.41) is 3.46. The number of nitrogens with zero attached hydrogens (tertiary/aromatic N) is 1. The second-order valence-electron chi connectivity index (χ2n) is 5.33. The largest absolute Gasteiger partial charge is 0.465 e. The highest BCUT2D eigenvalue weighted by Crippen LogP contribution is 2.25. The Labute approximate surface area is 135 Å². The number of carbonyl (C=O) groups excluding carboxylic acids is 1. The van der Waals surface area contributed by atoms with E-state index in [2.05, 4.69) is 33.1 Å². The topological polar surface area (TPSA) is 41.6 Å². The zero-order valence-electron chi connectivity index (χ0n) is 12.7. The number of benzene rings is 1. The normalized spacial score (nSPS) is 14.5. The molecule has 1 aromatic rings. The Morgan fingerprint density at radius 3 is 2.81 bits per heavy atom. The van der Waals surface area contributed by atoms with Crippen LogP contribution < -0.4 is 5.32 Å². The molecule has 1 aliphatic carbocycles. The third-order valence-corrected chi connectivity index (χ3v) is 4.57. The van der Waals surface area contributed by atoms with Gasteiger partial charge in [0.15, 0.2) is 0 Å². The number of halogens is 1. The highest BCUT2D eigenvalue weighted by Gasteiger charge is 2.26. The van der Waals surface area contributed by atoms with Gasteiger partial charge in [-0.25, -0.2) is 4.79 Å². The second-order valence-corrected chi connectivity index (χ2v) is 6.19. The minimum atomic E-state index is -0.307. The zero-order chi connectivity index (χ0) is 15.2. The zero-order valence-corrected chi connectivity index (χ0v) is 14.3. The maximum absolute atomic E-state index is 11.5. The summed E-state index contributed by atoms with van der Waals surface area (Å²) in [6.07, 6.45) is 2.71. The van der Waals surface area contributed by atoms with Gasteiger partial charge in [-0.05, 0) is 37.1 Å². The van der Waals surface area contributed by atoms with Gasteiger partial charge < -0.3 is 10.1 Å². The van der Waals surface area contributed by atoms with E-state index in [0.29, 0.717) is 5.56 Å². The average Bonchev–Trinajstić information content (AvgIpc) is 3.32. The molecule has 21 heavy (non-hydrogen) atoms. The highest BCUT2D eigenvalue weighted by atomic mass is 79.9. The number of hydrogen-bond acceptors (Lipinski definition) is 4. The molecule has 0 saturated heterocycles. The lowest BCUT2D eigenvalue weighted by Crippen LogP contribution is -2.33. The van der Waals surface area contributed by atoms with Crippen LogP contribution in [0, 0.1) is 0 Å². The second kappa shape index (κ2) is 7.92. The summed E-state index contributed by atoms with van der Waals surface area (Å²) in [5.74, 6) is -0.307. The van der Waals surface area contributed by atoms with Gasteiger partial charge in [0.2, 0.25) is 0 Å². The van der Waals surface area contributed by atoms with Crippen LogP contribution in [0.25, 0.3) is 0 Å². The van der Waals surface area contributed by atoms with Crippen LogP contribution >= 0.6 is 15.9 Å². The van der Waals surface area contributed by atoms with Crippen LogP contribution in [0.15, 0.2) is 22.7 Å². The van der Waals surface area contributed by atoms with Gasteiger partial charge in [0.1, 0.15) is 0 Å². The molecule has 116 valence electrons. The van der Waals surface area contributed by atoms with Crippen molar-refractivity contribution < 1.29 is 9.53 Å². The van der Waals surface area contributed by atoms with Gasteiger partial charge in [0.25, 0.3) is 0 Å². The summed E-state index contributed by atoms with van der Waals surface area (Å²) in [7, 11) is 1.39. The molecule has 0 atom stereocenters. The Balaban J connectivity index is 1.78. The van der Waals surface area contributed by atoms with Crippen molar-refractivity contribution in [1.82, 2.24) is 10.2 Å². The molecular weight excluding hydrogens is 332 g/mol. The van der Waals surface area contributed by atoms with E-state index >= 15 is 0 Å². The van der Waals surface area contributed by atoms with Crippen molar-refractivity contribution in [2.45, 2.75) is 32.4 Å². The van der Waals surface area contributed by atoms with Gasteiger partial charge >= 0.3 is 5.97 Å². The van der Waals surface area contributed by atoms with Crippen LogP contribution in [0.4, 0.5) is 0 Å². The summed E-state index contributed by atoms with van der Waals surface area (Å²) in [4.78, 5) is 14.0. The Morgan fingerprint density at radius 1 is 1.48 bits per heavy atom. The van der Waals surface area contributed by atoms with E-state index in [1.807, 2.05) is 12.1 Å². The quantitative estimate of drug-likeness (QED) is 0.575. The maximum Gasteiger partial charge on any atom is 0.337 e. The number of nitrogens with one attached hydrogen (secondary N) is 1. The van der Waals surface area contributed by atoms with E-state index in [4.69, 9.17) is 4.74 Å². The lowest BCUT2D eigenvalue weighted by Gasteiger charge is -2.19. The van der Waals surface area contributed by atoms with Gasteiger partial charge in [0, 0.05) is 30.1 Å². The highest BCUT2D eigenvalue weighted by molar-refractivity contribution is 9.10. The molecule has 0 aromatic heterocycles. The number of carbonyl (C=O) groups is 1. The molecule has 0 unspecified atom stereocenters. The van der Waals surface area contributed by atoms with E-state index in [-0.39, 0.29) is 5.97 Å². The van der Waals surface area contributed by atoms with Crippen LogP contribution in [0.2, 0.25) is 0 Å². The monoisotopic (exact) mass is 354 g/mol. The molecule has 1 N–H and O–H groups in total. The smallest absolute Gasteiger partial charge is 0.337 e. The minimum Gasteiger partial charge on any atom is -0.465 e. The van der Waals surface area contributed by atoms with Crippen LogP contribution in [0.5, 0.6) is 0 Å². The molecule has 0 bridgehead atoms. The molecule has 0 radical (unpaired) electrons. The van der Waals surface area contributed by atoms with Crippen molar-refractivity contribution in [3.63, 3.8) is 0 Å². The Morgan fingerprint density at radius 2 is 2.24 bits per heavy atom. The van der Waals surface area contributed by atoms with Gasteiger partial charge in [0.05, 0.1) is 12.7 Å². The minimum absolute atomic E-state index is 0.307. The average molecular weight is 355 g/mol. The predicted octanol–water partition coefficient (Wildman–Crippen LogP) is 2.81. The van der Waals surface area contributed by atoms with Crippen molar-refractivity contribution in [1.29, 1.82) is 0 Å². The van der Waals surface area contributed by atoms with Crippen LogP contribution in [0.3, 0.4) is 0 Å². The van der Waals surface area contributed by atoms with Crippen LogP contribution in [-0.4, -0.2) is 43.7 Å². The maximum atomic E-state index is 11.5. The summed E-state index contributed by atoms with van der Waals surface area (Å²) in [6, 6.07) is 6.39. The Bertz CT molecular complexity index is 489. The number of esters is 1. The van der Waals surface area contributed by atoms with Gasteiger partial charge in [-0.15, -0.1) is 0 Å². The molecule has 1 aliphatic rings. The Hall–Kier alpha value is -0.910. The molecule has 4 nitrogen and oxygen atoms in total. The SMILES string of the molecule is CCN(CCNCc1ccc(C(=O)OC)cc1Br)C1CC1. The molecular formula is C16H23BrN2O2. The first-order valence-electron chi connectivity index (χ1n) is 7.47. The van der Waals surface area contributed by atoms with Crippen molar-refractivity contribution >= 4 is 21.9 Å². The van der Waals surface area contributed by atoms with E-state index < -0.39 is 0 Å². The molecule has 1 fully saturated rings. The molecule has 1 aromatic carbocycles. The van der Waals surface area contributed by atoms with E-state index in [9.17, 15) is 4.79 Å². The van der Waals surface area contributed by atoms with Gasteiger partial charge in [-0.2, -0.15) is 0 Å². The fraction of sp³-hybridized carbons (Fsp3) is 0.562. The lowest BCUT2D eigenvalue weighted by molar-refractivity contribution is 0.0600. The fourth-order valence-corrected chi connectivity index (χ4v) is 2.94. The molecule has 0 amide bonds. The van der Waals surface area contributed by atoms with Crippen molar-refractivity contribution in [2.75, 3.05) is 26.7 Å². The number of ether oxygens (including phenoxy) is 1. The van der Waals surface area contributed by atoms with E-state index in [1.165, 1.54) is 20.0 Å². The van der Waals surface area contributed by atoms with Gasteiger partial charge in [-0.1, -0.05) is 28.9 Å². The third kappa shape index (κ3) is 4.80. The van der Waals surface area contributed by atoms with Crippen molar-refractivity contribution in [3.8, 4) is 0 Å².